The van der Waals surface area contributed by atoms with E-state index in [1.54, 1.807) is 0 Å². The lowest BCUT2D eigenvalue weighted by molar-refractivity contribution is 0.403. The van der Waals surface area contributed by atoms with Gasteiger partial charge in [-0.1, -0.05) is 19.3 Å². The van der Waals surface area contributed by atoms with E-state index < -0.39 is 0 Å². The van der Waals surface area contributed by atoms with Crippen LogP contribution in [0.1, 0.15) is 49.3 Å². The molecule has 1 N–H and O–H groups in total. The van der Waals surface area contributed by atoms with Gasteiger partial charge in [0.25, 0.3) is 0 Å². The van der Waals surface area contributed by atoms with Crippen LogP contribution in [0, 0.1) is 12.3 Å². The van der Waals surface area contributed by atoms with Gasteiger partial charge in [0.05, 0.1) is 5.69 Å². The molecule has 1 fully saturated rings. The summed E-state index contributed by atoms with van der Waals surface area (Å²) in [5.74, 6) is 4.41. The molecule has 1 heterocycles. The molecule has 0 unspecified atom stereocenters. The SMILES string of the molecule is C#Cc1[nH]c(C2CCC2)nc1CC. The molecular formula is C11H14N2. The molecule has 1 aromatic heterocycles. The van der Waals surface area contributed by atoms with Gasteiger partial charge in [0.15, 0.2) is 0 Å². The lowest BCUT2D eigenvalue weighted by atomic mass is 9.85. The lowest BCUT2D eigenvalue weighted by Gasteiger charge is -2.22. The Morgan fingerprint density at radius 1 is 1.62 bits per heavy atom. The minimum Gasteiger partial charge on any atom is -0.335 e. The molecule has 1 saturated carbocycles. The van der Waals surface area contributed by atoms with E-state index in [0.29, 0.717) is 5.92 Å². The minimum atomic E-state index is 0.646. The lowest BCUT2D eigenvalue weighted by Crippen LogP contribution is -2.10. The number of aromatic amines is 1. The van der Waals surface area contributed by atoms with Gasteiger partial charge in [-0.15, -0.1) is 6.42 Å². The highest BCUT2D eigenvalue weighted by Gasteiger charge is 2.23. The van der Waals surface area contributed by atoms with Crippen LogP contribution < -0.4 is 0 Å². The predicted molar refractivity (Wildman–Crippen MR) is 52.5 cm³/mol. The quantitative estimate of drug-likeness (QED) is 0.684. The van der Waals surface area contributed by atoms with Crippen LogP contribution in [0.2, 0.25) is 0 Å². The zero-order valence-corrected chi connectivity index (χ0v) is 7.93. The molecule has 1 aliphatic carbocycles. The second-order valence-corrected chi connectivity index (χ2v) is 3.57. The van der Waals surface area contributed by atoms with Crippen LogP contribution in [0.5, 0.6) is 0 Å². The number of terminal acetylenes is 1. The molecule has 2 heteroatoms. The summed E-state index contributed by atoms with van der Waals surface area (Å²) >= 11 is 0. The summed E-state index contributed by atoms with van der Waals surface area (Å²) in [6, 6.07) is 0. The molecule has 2 rings (SSSR count). The number of aromatic nitrogens is 2. The first kappa shape index (κ1) is 8.37. The Bertz CT molecular complexity index is 339. The third kappa shape index (κ3) is 1.35. The Labute approximate surface area is 78.8 Å². The van der Waals surface area contributed by atoms with Gasteiger partial charge in [0.2, 0.25) is 0 Å². The van der Waals surface area contributed by atoms with Crippen molar-refractivity contribution in [3.8, 4) is 12.3 Å². The van der Waals surface area contributed by atoms with Crippen molar-refractivity contribution < 1.29 is 0 Å². The van der Waals surface area contributed by atoms with Crippen LogP contribution in [0.15, 0.2) is 0 Å². The summed E-state index contributed by atoms with van der Waals surface area (Å²) in [4.78, 5) is 7.76. The first-order chi connectivity index (χ1) is 6.35. The molecule has 0 saturated heterocycles. The van der Waals surface area contributed by atoms with Crippen molar-refractivity contribution in [1.82, 2.24) is 9.97 Å². The van der Waals surface area contributed by atoms with E-state index in [9.17, 15) is 0 Å². The first-order valence-electron chi connectivity index (χ1n) is 4.90. The number of aryl methyl sites for hydroxylation is 1. The van der Waals surface area contributed by atoms with Crippen molar-refractivity contribution in [3.63, 3.8) is 0 Å². The Kier molecular flexibility index (Phi) is 2.10. The van der Waals surface area contributed by atoms with Crippen molar-refractivity contribution >= 4 is 0 Å². The largest absolute Gasteiger partial charge is 0.335 e. The molecule has 0 atom stereocenters. The summed E-state index contributed by atoms with van der Waals surface area (Å²) in [7, 11) is 0. The maximum Gasteiger partial charge on any atom is 0.112 e. The topological polar surface area (TPSA) is 28.7 Å². The van der Waals surface area contributed by atoms with Crippen molar-refractivity contribution in [2.24, 2.45) is 0 Å². The van der Waals surface area contributed by atoms with Gasteiger partial charge in [0.1, 0.15) is 11.5 Å². The van der Waals surface area contributed by atoms with Gasteiger partial charge in [-0.25, -0.2) is 4.98 Å². The fourth-order valence-electron chi connectivity index (χ4n) is 1.68. The van der Waals surface area contributed by atoms with Crippen molar-refractivity contribution in [2.45, 2.75) is 38.5 Å². The summed E-state index contributed by atoms with van der Waals surface area (Å²) < 4.78 is 0. The maximum absolute atomic E-state index is 5.38. The summed E-state index contributed by atoms with van der Waals surface area (Å²) in [6.45, 7) is 2.08. The third-order valence-electron chi connectivity index (χ3n) is 2.77. The second kappa shape index (κ2) is 3.26. The summed E-state index contributed by atoms with van der Waals surface area (Å²) in [6.07, 6.45) is 10.2. The molecule has 68 valence electrons. The van der Waals surface area contributed by atoms with E-state index in [1.165, 1.54) is 19.3 Å². The average Bonchev–Trinajstić information content (AvgIpc) is 2.44. The molecule has 1 aromatic rings. The van der Waals surface area contributed by atoms with Gasteiger partial charge in [0, 0.05) is 5.92 Å². The Balaban J connectivity index is 2.28. The fourth-order valence-corrected chi connectivity index (χ4v) is 1.68. The van der Waals surface area contributed by atoms with Crippen LogP contribution in [0.4, 0.5) is 0 Å². The van der Waals surface area contributed by atoms with Crippen LogP contribution in [0.25, 0.3) is 0 Å². The van der Waals surface area contributed by atoms with Gasteiger partial charge >= 0.3 is 0 Å². The van der Waals surface area contributed by atoms with Gasteiger partial charge in [-0.05, 0) is 19.3 Å². The second-order valence-electron chi connectivity index (χ2n) is 3.57. The molecule has 0 radical (unpaired) electrons. The summed E-state index contributed by atoms with van der Waals surface area (Å²) in [5.41, 5.74) is 1.92. The van der Waals surface area contributed by atoms with E-state index in [1.807, 2.05) is 0 Å². The monoisotopic (exact) mass is 174 g/mol. The van der Waals surface area contributed by atoms with E-state index in [-0.39, 0.29) is 0 Å². The van der Waals surface area contributed by atoms with E-state index in [0.717, 1.165) is 23.6 Å². The smallest absolute Gasteiger partial charge is 0.112 e. The number of hydrogen-bond acceptors (Lipinski definition) is 1. The standard InChI is InChI=1S/C11H14N2/c1-3-9-10(4-2)13-11(12-9)8-6-5-7-8/h1,8H,4-7H2,2H3,(H,12,13). The Hall–Kier alpha value is -1.23. The minimum absolute atomic E-state index is 0.646. The van der Waals surface area contributed by atoms with E-state index in [4.69, 9.17) is 6.42 Å². The number of nitrogens with zero attached hydrogens (tertiary/aromatic N) is 1. The van der Waals surface area contributed by atoms with Gasteiger partial charge < -0.3 is 4.98 Å². The molecule has 0 aromatic carbocycles. The number of rotatable bonds is 2. The molecule has 2 nitrogen and oxygen atoms in total. The van der Waals surface area contributed by atoms with Gasteiger partial charge in [-0.2, -0.15) is 0 Å². The van der Waals surface area contributed by atoms with E-state index >= 15 is 0 Å². The van der Waals surface area contributed by atoms with Crippen LogP contribution in [-0.2, 0) is 6.42 Å². The highest BCUT2D eigenvalue weighted by molar-refractivity contribution is 5.31. The number of imidazole rings is 1. The average molecular weight is 174 g/mol. The molecular weight excluding hydrogens is 160 g/mol. The van der Waals surface area contributed by atoms with Crippen molar-refractivity contribution in [2.75, 3.05) is 0 Å². The van der Waals surface area contributed by atoms with Crippen LogP contribution >= 0.6 is 0 Å². The number of nitrogens with one attached hydrogen (secondary N) is 1. The number of H-pyrrole nitrogens is 1. The Morgan fingerprint density at radius 2 is 2.38 bits per heavy atom. The van der Waals surface area contributed by atoms with Gasteiger partial charge in [-0.3, -0.25) is 0 Å². The highest BCUT2D eigenvalue weighted by Crippen LogP contribution is 2.34. The first-order valence-corrected chi connectivity index (χ1v) is 4.90. The third-order valence-corrected chi connectivity index (χ3v) is 2.77. The van der Waals surface area contributed by atoms with Crippen molar-refractivity contribution in [3.05, 3.63) is 17.2 Å². The maximum atomic E-state index is 5.38. The predicted octanol–water partition coefficient (Wildman–Crippen LogP) is 2.22. The van der Waals surface area contributed by atoms with Crippen LogP contribution in [-0.4, -0.2) is 9.97 Å². The molecule has 0 bridgehead atoms. The molecule has 0 amide bonds. The molecule has 1 aliphatic rings. The zero-order chi connectivity index (χ0) is 9.26. The molecule has 13 heavy (non-hydrogen) atoms. The molecule has 0 spiro atoms. The molecule has 0 aliphatic heterocycles. The van der Waals surface area contributed by atoms with Crippen LogP contribution in [0.3, 0.4) is 0 Å². The summed E-state index contributed by atoms with van der Waals surface area (Å²) in [5, 5.41) is 0. The highest BCUT2D eigenvalue weighted by atomic mass is 14.9. The number of hydrogen-bond donors (Lipinski definition) is 1. The normalized spacial score (nSPS) is 16.6. The Morgan fingerprint density at radius 3 is 2.77 bits per heavy atom. The van der Waals surface area contributed by atoms with Crippen molar-refractivity contribution in [1.29, 1.82) is 0 Å². The fraction of sp³-hybridized carbons (Fsp3) is 0.545. The zero-order valence-electron chi connectivity index (χ0n) is 7.93. The van der Waals surface area contributed by atoms with E-state index in [2.05, 4.69) is 22.8 Å².